The van der Waals surface area contributed by atoms with Crippen LogP contribution in [0.3, 0.4) is 0 Å². The van der Waals surface area contributed by atoms with Crippen LogP contribution in [-0.4, -0.2) is 39.3 Å². The lowest BCUT2D eigenvalue weighted by Gasteiger charge is -2.37. The number of anilines is 2. The molecule has 0 unspecified atom stereocenters. The SMILES string of the molecule is CC.CC1(C)OCCN(c2cc(-c3cc(C(F)(F)F)c4c(N)ncnn34)ccc2C#N)C1=O. The molecule has 0 saturated carbocycles. The van der Waals surface area contributed by atoms with Gasteiger partial charge in [-0.15, -0.1) is 0 Å². The van der Waals surface area contributed by atoms with Gasteiger partial charge in [-0.1, -0.05) is 19.9 Å². The van der Waals surface area contributed by atoms with Gasteiger partial charge in [0, 0.05) is 12.1 Å². The van der Waals surface area contributed by atoms with E-state index in [4.69, 9.17) is 10.5 Å². The van der Waals surface area contributed by atoms with Crippen LogP contribution in [0.4, 0.5) is 24.7 Å². The van der Waals surface area contributed by atoms with Crippen molar-refractivity contribution in [2.24, 2.45) is 0 Å². The van der Waals surface area contributed by atoms with E-state index in [-0.39, 0.29) is 47.3 Å². The zero-order valence-corrected chi connectivity index (χ0v) is 18.6. The van der Waals surface area contributed by atoms with Crippen molar-refractivity contribution in [3.8, 4) is 17.3 Å². The van der Waals surface area contributed by atoms with E-state index in [0.717, 1.165) is 16.9 Å². The van der Waals surface area contributed by atoms with Crippen molar-refractivity contribution in [3.05, 3.63) is 41.7 Å². The predicted octanol–water partition coefficient (Wildman–Crippen LogP) is 4.04. The second-order valence-electron chi connectivity index (χ2n) is 7.51. The molecular weight excluding hydrogens is 437 g/mol. The highest BCUT2D eigenvalue weighted by Crippen LogP contribution is 2.39. The number of hydrogen-bond acceptors (Lipinski definition) is 6. The van der Waals surface area contributed by atoms with Crippen LogP contribution >= 0.6 is 0 Å². The van der Waals surface area contributed by atoms with E-state index >= 15 is 0 Å². The number of benzene rings is 1. The maximum atomic E-state index is 13.6. The summed E-state index contributed by atoms with van der Waals surface area (Å²) in [5, 5.41) is 13.5. The van der Waals surface area contributed by atoms with Gasteiger partial charge in [-0.3, -0.25) is 4.79 Å². The van der Waals surface area contributed by atoms with Gasteiger partial charge in [0.15, 0.2) is 5.82 Å². The summed E-state index contributed by atoms with van der Waals surface area (Å²) in [5.41, 5.74) is 4.20. The molecule has 1 aliphatic heterocycles. The van der Waals surface area contributed by atoms with Crippen LogP contribution in [-0.2, 0) is 15.7 Å². The highest BCUT2D eigenvalue weighted by Gasteiger charge is 2.39. The van der Waals surface area contributed by atoms with Crippen molar-refractivity contribution < 1.29 is 22.7 Å². The maximum absolute atomic E-state index is 13.6. The number of amides is 1. The van der Waals surface area contributed by atoms with E-state index in [1.165, 1.54) is 23.1 Å². The van der Waals surface area contributed by atoms with Gasteiger partial charge in [-0.2, -0.15) is 23.5 Å². The number of nitriles is 1. The first-order valence-corrected chi connectivity index (χ1v) is 10.2. The second-order valence-corrected chi connectivity index (χ2v) is 7.51. The van der Waals surface area contributed by atoms with Gasteiger partial charge < -0.3 is 15.4 Å². The number of nitrogens with two attached hydrogens (primary N) is 1. The van der Waals surface area contributed by atoms with E-state index < -0.39 is 17.3 Å². The molecular formula is C22H23F3N6O2. The topological polar surface area (TPSA) is 110 Å². The Labute approximate surface area is 188 Å². The summed E-state index contributed by atoms with van der Waals surface area (Å²) >= 11 is 0. The van der Waals surface area contributed by atoms with Crippen LogP contribution in [0.2, 0.25) is 0 Å². The summed E-state index contributed by atoms with van der Waals surface area (Å²) in [6.07, 6.45) is -3.62. The van der Waals surface area contributed by atoms with Gasteiger partial charge in [-0.05, 0) is 32.0 Å². The zero-order chi connectivity index (χ0) is 24.6. The summed E-state index contributed by atoms with van der Waals surface area (Å²) < 4.78 is 47.4. The molecule has 3 aromatic rings. The van der Waals surface area contributed by atoms with Crippen molar-refractivity contribution in [3.63, 3.8) is 0 Å². The van der Waals surface area contributed by atoms with Gasteiger partial charge in [-0.25, -0.2) is 9.50 Å². The minimum atomic E-state index is -4.68. The monoisotopic (exact) mass is 460 g/mol. The number of ether oxygens (including phenoxy) is 1. The molecule has 33 heavy (non-hydrogen) atoms. The number of fused-ring (bicyclic) bond motifs is 1. The molecule has 2 N–H and O–H groups in total. The van der Waals surface area contributed by atoms with Crippen LogP contribution in [0.1, 0.15) is 38.8 Å². The average molecular weight is 460 g/mol. The van der Waals surface area contributed by atoms with E-state index in [0.29, 0.717) is 5.56 Å². The van der Waals surface area contributed by atoms with Crippen LogP contribution < -0.4 is 10.6 Å². The Kier molecular flexibility index (Phi) is 6.33. The van der Waals surface area contributed by atoms with E-state index in [1.54, 1.807) is 13.8 Å². The van der Waals surface area contributed by atoms with E-state index in [2.05, 4.69) is 10.1 Å². The third-order valence-corrected chi connectivity index (χ3v) is 5.13. The molecule has 1 amide bonds. The molecule has 0 spiro atoms. The Morgan fingerprint density at radius 2 is 1.94 bits per heavy atom. The third kappa shape index (κ3) is 4.21. The summed E-state index contributed by atoms with van der Waals surface area (Å²) in [4.78, 5) is 17.9. The van der Waals surface area contributed by atoms with Crippen LogP contribution in [0.25, 0.3) is 16.8 Å². The first-order chi connectivity index (χ1) is 15.5. The smallest absolute Gasteiger partial charge is 0.382 e. The summed E-state index contributed by atoms with van der Waals surface area (Å²) in [6.45, 7) is 7.70. The number of hydrogen-bond donors (Lipinski definition) is 1. The van der Waals surface area contributed by atoms with Crippen LogP contribution in [0, 0.1) is 11.3 Å². The molecule has 0 radical (unpaired) electrons. The Hall–Kier alpha value is -3.65. The number of nitrogens with zero attached hydrogens (tertiary/aromatic N) is 5. The maximum Gasteiger partial charge on any atom is 0.418 e. The normalized spacial score (nSPS) is 15.7. The number of carbonyl (C=O) groups is 1. The lowest BCUT2D eigenvalue weighted by atomic mass is 10.0. The number of carbonyl (C=O) groups excluding carboxylic acids is 1. The lowest BCUT2D eigenvalue weighted by molar-refractivity contribution is -0.144. The minimum Gasteiger partial charge on any atom is -0.382 e. The molecule has 0 atom stereocenters. The molecule has 1 aliphatic rings. The molecule has 0 bridgehead atoms. The van der Waals surface area contributed by atoms with Gasteiger partial charge in [0.25, 0.3) is 5.91 Å². The molecule has 11 heteroatoms. The molecule has 174 valence electrons. The fourth-order valence-corrected chi connectivity index (χ4v) is 3.61. The largest absolute Gasteiger partial charge is 0.418 e. The van der Waals surface area contributed by atoms with Crippen molar-refractivity contribution in [2.75, 3.05) is 23.8 Å². The Morgan fingerprint density at radius 1 is 1.24 bits per heavy atom. The molecule has 4 rings (SSSR count). The minimum absolute atomic E-state index is 0.0992. The van der Waals surface area contributed by atoms with Gasteiger partial charge in [0.1, 0.15) is 23.5 Å². The van der Waals surface area contributed by atoms with Crippen molar-refractivity contribution >= 4 is 22.9 Å². The van der Waals surface area contributed by atoms with Crippen molar-refractivity contribution in [1.82, 2.24) is 14.6 Å². The number of nitrogen functional groups attached to an aromatic ring is 1. The quantitative estimate of drug-likeness (QED) is 0.618. The predicted molar refractivity (Wildman–Crippen MR) is 116 cm³/mol. The highest BCUT2D eigenvalue weighted by molar-refractivity contribution is 6.01. The fraction of sp³-hybridized carbons (Fsp3) is 0.364. The number of alkyl halides is 3. The highest BCUT2D eigenvalue weighted by atomic mass is 19.4. The number of rotatable bonds is 2. The standard InChI is InChI=1S/C20H17F3N6O2.C2H6/c1-19(2)18(30)28(5-6-31-19)14-7-11(3-4-12(14)9-24)15-8-13(20(21,22)23)16-17(25)26-10-27-29(15)16;1-2/h3-4,7-8,10H,5-6H2,1-2H3,(H2,25,26,27);1-2H3. The molecule has 8 nitrogen and oxygen atoms in total. The molecule has 2 aromatic heterocycles. The number of aromatic nitrogens is 3. The Bertz CT molecular complexity index is 1240. The van der Waals surface area contributed by atoms with E-state index in [1.807, 2.05) is 19.9 Å². The molecule has 1 saturated heterocycles. The van der Waals surface area contributed by atoms with E-state index in [9.17, 15) is 23.2 Å². The van der Waals surface area contributed by atoms with Crippen LogP contribution in [0.15, 0.2) is 30.6 Å². The summed E-state index contributed by atoms with van der Waals surface area (Å²) in [6, 6.07) is 7.41. The molecule has 1 fully saturated rings. The Balaban J connectivity index is 0.00000149. The van der Waals surface area contributed by atoms with Crippen molar-refractivity contribution in [2.45, 2.75) is 39.5 Å². The van der Waals surface area contributed by atoms with Crippen LogP contribution in [0.5, 0.6) is 0 Å². The summed E-state index contributed by atoms with van der Waals surface area (Å²) in [7, 11) is 0. The lowest BCUT2D eigenvalue weighted by Crippen LogP contribution is -2.53. The summed E-state index contributed by atoms with van der Waals surface area (Å²) in [5.74, 6) is -0.664. The average Bonchev–Trinajstić information content (AvgIpc) is 3.18. The second kappa shape index (κ2) is 8.71. The van der Waals surface area contributed by atoms with Gasteiger partial charge in [0.2, 0.25) is 0 Å². The molecule has 3 heterocycles. The first kappa shape index (κ1) is 24.0. The third-order valence-electron chi connectivity index (χ3n) is 5.13. The zero-order valence-electron chi connectivity index (χ0n) is 18.6. The van der Waals surface area contributed by atoms with Crippen molar-refractivity contribution in [1.29, 1.82) is 5.26 Å². The molecule has 1 aromatic carbocycles. The fourth-order valence-electron chi connectivity index (χ4n) is 3.61. The number of halogens is 3. The van der Waals surface area contributed by atoms with Gasteiger partial charge in [0.05, 0.1) is 29.1 Å². The number of morpholine rings is 1. The Morgan fingerprint density at radius 3 is 2.58 bits per heavy atom. The first-order valence-electron chi connectivity index (χ1n) is 10.2. The molecule has 0 aliphatic carbocycles. The van der Waals surface area contributed by atoms with Gasteiger partial charge >= 0.3 is 6.18 Å².